The Kier molecular flexibility index (Phi) is 3.11. The van der Waals surface area contributed by atoms with E-state index in [0.717, 1.165) is 25.0 Å². The predicted molar refractivity (Wildman–Crippen MR) is 55.6 cm³/mol. The zero-order valence-electron chi connectivity index (χ0n) is 8.39. The maximum absolute atomic E-state index is 10.2. The molecule has 0 aliphatic carbocycles. The molecule has 0 radical (unpaired) electrons. The Morgan fingerprint density at radius 1 is 1.33 bits per heavy atom. The molecule has 0 aromatic carbocycles. The molecule has 1 heterocycles. The van der Waals surface area contributed by atoms with Crippen molar-refractivity contribution in [3.05, 3.63) is 0 Å². The monoisotopic (exact) mass is 188 g/mol. The third-order valence-electron chi connectivity index (χ3n) is 2.39. The molecule has 12 heavy (non-hydrogen) atoms. The van der Waals surface area contributed by atoms with E-state index >= 15 is 0 Å². The average molecular weight is 188 g/mol. The first kappa shape index (κ1) is 10.4. The first-order chi connectivity index (χ1) is 5.47. The number of hydrogen-bond donors (Lipinski definition) is 1. The maximum atomic E-state index is 10.2. The summed E-state index contributed by atoms with van der Waals surface area (Å²) in [6, 6.07) is 0. The van der Waals surface area contributed by atoms with Crippen molar-refractivity contribution in [2.75, 3.05) is 11.5 Å². The maximum Gasteiger partial charge on any atom is 0.0743 e. The van der Waals surface area contributed by atoms with E-state index in [1.54, 1.807) is 0 Å². The SMILES string of the molecule is CCCC1(O)CSCC(C)(C)C1. The minimum Gasteiger partial charge on any atom is -0.389 e. The summed E-state index contributed by atoms with van der Waals surface area (Å²) >= 11 is 1.90. The standard InChI is InChI=1S/C10H20OS/c1-4-5-10(11)6-9(2,3)7-12-8-10/h11H,4-8H2,1-3H3. The van der Waals surface area contributed by atoms with Crippen molar-refractivity contribution >= 4 is 11.8 Å². The number of aliphatic hydroxyl groups is 1. The van der Waals surface area contributed by atoms with Gasteiger partial charge in [0.1, 0.15) is 0 Å². The Morgan fingerprint density at radius 3 is 2.50 bits per heavy atom. The van der Waals surface area contributed by atoms with Gasteiger partial charge in [0.15, 0.2) is 0 Å². The largest absolute Gasteiger partial charge is 0.389 e. The van der Waals surface area contributed by atoms with Crippen LogP contribution in [0.2, 0.25) is 0 Å². The van der Waals surface area contributed by atoms with Gasteiger partial charge in [0.2, 0.25) is 0 Å². The highest BCUT2D eigenvalue weighted by molar-refractivity contribution is 7.99. The van der Waals surface area contributed by atoms with Crippen molar-refractivity contribution in [1.29, 1.82) is 0 Å². The van der Waals surface area contributed by atoms with Crippen LogP contribution in [-0.4, -0.2) is 22.2 Å². The molecule has 0 aromatic heterocycles. The Hall–Kier alpha value is 0.310. The second-order valence-corrected chi connectivity index (χ2v) is 5.79. The fraction of sp³-hybridized carbons (Fsp3) is 1.00. The van der Waals surface area contributed by atoms with Crippen molar-refractivity contribution in [3.63, 3.8) is 0 Å². The highest BCUT2D eigenvalue weighted by atomic mass is 32.2. The molecule has 72 valence electrons. The van der Waals surface area contributed by atoms with Crippen molar-refractivity contribution in [2.45, 2.75) is 45.6 Å². The molecule has 1 unspecified atom stereocenters. The highest BCUT2D eigenvalue weighted by Crippen LogP contribution is 2.40. The van der Waals surface area contributed by atoms with Crippen molar-refractivity contribution in [2.24, 2.45) is 5.41 Å². The molecule has 1 fully saturated rings. The summed E-state index contributed by atoms with van der Waals surface area (Å²) in [5, 5.41) is 10.2. The van der Waals surface area contributed by atoms with E-state index in [1.165, 1.54) is 5.75 Å². The number of rotatable bonds is 2. The third-order valence-corrected chi connectivity index (χ3v) is 4.11. The summed E-state index contributed by atoms with van der Waals surface area (Å²) in [7, 11) is 0. The van der Waals surface area contributed by atoms with Crippen LogP contribution in [0.1, 0.15) is 40.0 Å². The zero-order chi connectivity index (χ0) is 9.24. The lowest BCUT2D eigenvalue weighted by molar-refractivity contribution is 0.0114. The Bertz CT molecular complexity index is 152. The van der Waals surface area contributed by atoms with Gasteiger partial charge in [0, 0.05) is 5.75 Å². The first-order valence-corrected chi connectivity index (χ1v) is 5.93. The lowest BCUT2D eigenvalue weighted by atomic mass is 9.80. The lowest BCUT2D eigenvalue weighted by Crippen LogP contribution is -2.42. The molecule has 1 saturated heterocycles. The van der Waals surface area contributed by atoms with E-state index in [-0.39, 0.29) is 5.60 Å². The predicted octanol–water partition coefficient (Wildman–Crippen LogP) is 2.68. The van der Waals surface area contributed by atoms with Gasteiger partial charge in [-0.3, -0.25) is 0 Å². The summed E-state index contributed by atoms with van der Waals surface area (Å²) in [6.07, 6.45) is 3.03. The summed E-state index contributed by atoms with van der Waals surface area (Å²) in [4.78, 5) is 0. The van der Waals surface area contributed by atoms with Crippen LogP contribution in [0.5, 0.6) is 0 Å². The normalized spacial score (nSPS) is 35.0. The minimum absolute atomic E-state index is 0.326. The van der Waals surface area contributed by atoms with Crippen molar-refractivity contribution in [1.82, 2.24) is 0 Å². The van der Waals surface area contributed by atoms with Gasteiger partial charge in [-0.25, -0.2) is 0 Å². The van der Waals surface area contributed by atoms with Crippen LogP contribution in [0.3, 0.4) is 0 Å². The van der Waals surface area contributed by atoms with E-state index in [9.17, 15) is 5.11 Å². The molecule has 1 nitrogen and oxygen atoms in total. The van der Waals surface area contributed by atoms with Gasteiger partial charge in [-0.05, 0) is 24.0 Å². The molecule has 1 rings (SSSR count). The Labute approximate surface area is 79.9 Å². The first-order valence-electron chi connectivity index (χ1n) is 4.78. The molecule has 1 N–H and O–H groups in total. The van der Waals surface area contributed by atoms with E-state index in [4.69, 9.17) is 0 Å². The summed E-state index contributed by atoms with van der Waals surface area (Å²) < 4.78 is 0. The summed E-state index contributed by atoms with van der Waals surface area (Å²) in [5.74, 6) is 2.13. The fourth-order valence-electron chi connectivity index (χ4n) is 2.14. The van der Waals surface area contributed by atoms with E-state index in [0.29, 0.717) is 5.41 Å². The molecule has 0 saturated carbocycles. The molecule has 0 bridgehead atoms. The van der Waals surface area contributed by atoms with Crippen LogP contribution >= 0.6 is 11.8 Å². The molecule has 1 aliphatic rings. The van der Waals surface area contributed by atoms with Gasteiger partial charge >= 0.3 is 0 Å². The van der Waals surface area contributed by atoms with Crippen LogP contribution in [0.4, 0.5) is 0 Å². The number of hydrogen-bond acceptors (Lipinski definition) is 2. The molecule has 2 heteroatoms. The Morgan fingerprint density at radius 2 is 2.00 bits per heavy atom. The smallest absolute Gasteiger partial charge is 0.0743 e. The van der Waals surface area contributed by atoms with Crippen LogP contribution in [0.25, 0.3) is 0 Å². The average Bonchev–Trinajstić information content (AvgIpc) is 1.83. The molecule has 0 spiro atoms. The van der Waals surface area contributed by atoms with Gasteiger partial charge in [-0.1, -0.05) is 27.2 Å². The van der Waals surface area contributed by atoms with Crippen LogP contribution in [0.15, 0.2) is 0 Å². The van der Waals surface area contributed by atoms with Gasteiger partial charge in [0.05, 0.1) is 5.60 Å². The topological polar surface area (TPSA) is 20.2 Å². The molecule has 0 amide bonds. The summed E-state index contributed by atoms with van der Waals surface area (Å²) in [6.45, 7) is 6.64. The quantitative estimate of drug-likeness (QED) is 0.719. The van der Waals surface area contributed by atoms with Crippen LogP contribution in [0, 0.1) is 5.41 Å². The second-order valence-electron chi connectivity index (χ2n) is 4.81. The lowest BCUT2D eigenvalue weighted by Gasteiger charge is -2.41. The van der Waals surface area contributed by atoms with Crippen molar-refractivity contribution < 1.29 is 5.11 Å². The molecule has 1 atom stereocenters. The van der Waals surface area contributed by atoms with Crippen molar-refractivity contribution in [3.8, 4) is 0 Å². The molecular weight excluding hydrogens is 168 g/mol. The van der Waals surface area contributed by atoms with Crippen LogP contribution in [-0.2, 0) is 0 Å². The fourth-order valence-corrected chi connectivity index (χ4v) is 3.52. The second kappa shape index (κ2) is 3.59. The van der Waals surface area contributed by atoms with Gasteiger partial charge in [-0.2, -0.15) is 11.8 Å². The van der Waals surface area contributed by atoms with E-state index in [2.05, 4.69) is 20.8 Å². The minimum atomic E-state index is -0.374. The highest BCUT2D eigenvalue weighted by Gasteiger charge is 2.37. The molecule has 0 aromatic rings. The van der Waals surface area contributed by atoms with Crippen LogP contribution < -0.4 is 0 Å². The zero-order valence-corrected chi connectivity index (χ0v) is 9.21. The molecular formula is C10H20OS. The van der Waals surface area contributed by atoms with E-state index in [1.807, 2.05) is 11.8 Å². The molecule has 1 aliphatic heterocycles. The third kappa shape index (κ3) is 2.67. The van der Waals surface area contributed by atoms with Gasteiger partial charge in [-0.15, -0.1) is 0 Å². The van der Waals surface area contributed by atoms with Gasteiger partial charge < -0.3 is 5.11 Å². The number of thioether (sulfide) groups is 1. The van der Waals surface area contributed by atoms with Gasteiger partial charge in [0.25, 0.3) is 0 Å². The van der Waals surface area contributed by atoms with E-state index < -0.39 is 0 Å². The Balaban J connectivity index is 2.55. The summed E-state index contributed by atoms with van der Waals surface area (Å²) in [5.41, 5.74) is -0.0476.